The fourth-order valence-electron chi connectivity index (χ4n) is 2.57. The van der Waals surface area contributed by atoms with Crippen LogP contribution in [-0.2, 0) is 9.53 Å². The lowest BCUT2D eigenvalue weighted by Gasteiger charge is -2.37. The van der Waals surface area contributed by atoms with Crippen LogP contribution in [0.2, 0.25) is 0 Å². The second kappa shape index (κ2) is 7.28. The third-order valence-corrected chi connectivity index (χ3v) is 3.76. The zero-order valence-corrected chi connectivity index (χ0v) is 12.6. The first-order valence-electron chi connectivity index (χ1n) is 7.09. The molecule has 0 spiro atoms. The summed E-state index contributed by atoms with van der Waals surface area (Å²) in [6.45, 7) is 4.03. The Morgan fingerprint density at radius 2 is 1.90 bits per heavy atom. The van der Waals surface area contributed by atoms with Gasteiger partial charge in [0, 0.05) is 32.7 Å². The average molecular weight is 293 g/mol. The summed E-state index contributed by atoms with van der Waals surface area (Å²) >= 11 is 0. The highest BCUT2D eigenvalue weighted by Crippen LogP contribution is 2.28. The Labute approximate surface area is 125 Å². The topological polar surface area (TPSA) is 68.0 Å². The van der Waals surface area contributed by atoms with E-state index in [-0.39, 0.29) is 5.97 Å². The van der Waals surface area contributed by atoms with Crippen molar-refractivity contribution in [2.75, 3.05) is 51.8 Å². The molecule has 1 aliphatic rings. The van der Waals surface area contributed by atoms with Crippen molar-refractivity contribution in [3.05, 3.63) is 24.3 Å². The summed E-state index contributed by atoms with van der Waals surface area (Å²) in [6, 6.07) is 7.43. The predicted molar refractivity (Wildman–Crippen MR) is 81.6 cm³/mol. The molecule has 1 saturated heterocycles. The summed E-state index contributed by atoms with van der Waals surface area (Å²) in [7, 11) is 3.05. The van der Waals surface area contributed by atoms with E-state index in [4.69, 9.17) is 10.5 Å². The van der Waals surface area contributed by atoms with Crippen LogP contribution in [0, 0.1) is 0 Å². The van der Waals surface area contributed by atoms with E-state index >= 15 is 0 Å². The van der Waals surface area contributed by atoms with Gasteiger partial charge in [0.25, 0.3) is 0 Å². The number of hydrogen-bond acceptors (Lipinski definition) is 6. The summed E-state index contributed by atoms with van der Waals surface area (Å²) < 4.78 is 10.1. The van der Waals surface area contributed by atoms with Gasteiger partial charge in [0.1, 0.15) is 11.8 Å². The number of carbonyl (C=O) groups excluding carboxylic acids is 1. The molecule has 6 heteroatoms. The molecule has 1 heterocycles. The molecule has 1 unspecified atom stereocenters. The Kier molecular flexibility index (Phi) is 5.41. The number of piperazine rings is 1. The zero-order valence-electron chi connectivity index (χ0n) is 12.6. The van der Waals surface area contributed by atoms with E-state index in [9.17, 15) is 4.79 Å². The molecular weight excluding hydrogens is 270 g/mol. The number of benzene rings is 1. The third kappa shape index (κ3) is 3.86. The van der Waals surface area contributed by atoms with Crippen molar-refractivity contribution in [1.82, 2.24) is 4.90 Å². The first kappa shape index (κ1) is 15.6. The van der Waals surface area contributed by atoms with Crippen molar-refractivity contribution >= 4 is 11.7 Å². The first-order valence-corrected chi connectivity index (χ1v) is 7.09. The smallest absolute Gasteiger partial charge is 0.323 e. The maximum atomic E-state index is 11.4. The summed E-state index contributed by atoms with van der Waals surface area (Å²) in [6.07, 6.45) is 0. The fraction of sp³-hybridized carbons (Fsp3) is 0.533. The van der Waals surface area contributed by atoms with Crippen molar-refractivity contribution in [2.24, 2.45) is 5.73 Å². The Bertz CT molecular complexity index is 473. The number of nitrogens with zero attached hydrogens (tertiary/aromatic N) is 2. The van der Waals surface area contributed by atoms with Gasteiger partial charge in [-0.2, -0.15) is 0 Å². The van der Waals surface area contributed by atoms with Gasteiger partial charge in [-0.25, -0.2) is 0 Å². The van der Waals surface area contributed by atoms with Crippen molar-refractivity contribution in [3.63, 3.8) is 0 Å². The molecule has 116 valence electrons. The molecule has 2 N–H and O–H groups in total. The van der Waals surface area contributed by atoms with Gasteiger partial charge in [-0.1, -0.05) is 12.1 Å². The number of para-hydroxylation sites is 2. The van der Waals surface area contributed by atoms with E-state index in [1.165, 1.54) is 7.11 Å². The standard InChI is InChI=1S/C15H23N3O3/c1-20-14-6-4-3-5-13(14)18-9-7-17(8-10-18)11-12(16)15(19)21-2/h3-6,12H,7-11,16H2,1-2H3. The molecule has 0 bridgehead atoms. The van der Waals surface area contributed by atoms with E-state index in [0.717, 1.165) is 37.6 Å². The normalized spacial score (nSPS) is 17.4. The van der Waals surface area contributed by atoms with Gasteiger partial charge in [-0.15, -0.1) is 0 Å². The van der Waals surface area contributed by atoms with Gasteiger partial charge in [0.15, 0.2) is 0 Å². The van der Waals surface area contributed by atoms with Gasteiger partial charge in [0.05, 0.1) is 19.9 Å². The molecule has 1 fully saturated rings. The van der Waals surface area contributed by atoms with Crippen LogP contribution in [0.1, 0.15) is 0 Å². The van der Waals surface area contributed by atoms with Gasteiger partial charge >= 0.3 is 5.97 Å². The quantitative estimate of drug-likeness (QED) is 0.789. The highest BCUT2D eigenvalue weighted by molar-refractivity contribution is 5.75. The number of nitrogens with two attached hydrogens (primary N) is 1. The van der Waals surface area contributed by atoms with Gasteiger partial charge in [-0.05, 0) is 12.1 Å². The van der Waals surface area contributed by atoms with Gasteiger partial charge < -0.3 is 20.1 Å². The van der Waals surface area contributed by atoms with Crippen molar-refractivity contribution in [2.45, 2.75) is 6.04 Å². The van der Waals surface area contributed by atoms with Crippen LogP contribution in [0.4, 0.5) is 5.69 Å². The Hall–Kier alpha value is -1.79. The number of hydrogen-bond donors (Lipinski definition) is 1. The second-order valence-corrected chi connectivity index (χ2v) is 5.09. The van der Waals surface area contributed by atoms with Gasteiger partial charge in [0.2, 0.25) is 0 Å². The highest BCUT2D eigenvalue weighted by atomic mass is 16.5. The maximum absolute atomic E-state index is 11.4. The van der Waals surface area contributed by atoms with E-state index < -0.39 is 6.04 Å². The van der Waals surface area contributed by atoms with E-state index in [0.29, 0.717) is 6.54 Å². The summed E-state index contributed by atoms with van der Waals surface area (Å²) in [5.41, 5.74) is 6.91. The van der Waals surface area contributed by atoms with E-state index in [1.54, 1.807) is 7.11 Å². The van der Waals surface area contributed by atoms with Crippen LogP contribution in [0.15, 0.2) is 24.3 Å². The Morgan fingerprint density at radius 1 is 1.24 bits per heavy atom. The zero-order chi connectivity index (χ0) is 15.2. The number of carbonyl (C=O) groups is 1. The monoisotopic (exact) mass is 293 g/mol. The Morgan fingerprint density at radius 3 is 2.52 bits per heavy atom. The number of methoxy groups -OCH3 is 2. The van der Waals surface area contributed by atoms with Crippen molar-refractivity contribution in [3.8, 4) is 5.75 Å². The summed E-state index contributed by atoms with van der Waals surface area (Å²) in [5, 5.41) is 0. The molecular formula is C15H23N3O3. The second-order valence-electron chi connectivity index (χ2n) is 5.09. The van der Waals surface area contributed by atoms with Crippen molar-refractivity contribution in [1.29, 1.82) is 0 Å². The molecule has 0 radical (unpaired) electrons. The molecule has 1 aliphatic heterocycles. The van der Waals surface area contributed by atoms with Crippen LogP contribution in [0.5, 0.6) is 5.75 Å². The molecule has 1 aromatic carbocycles. The number of anilines is 1. The average Bonchev–Trinajstić information content (AvgIpc) is 2.54. The number of ether oxygens (including phenoxy) is 2. The molecule has 0 aliphatic carbocycles. The first-order chi connectivity index (χ1) is 10.2. The largest absolute Gasteiger partial charge is 0.495 e. The molecule has 21 heavy (non-hydrogen) atoms. The minimum Gasteiger partial charge on any atom is -0.495 e. The summed E-state index contributed by atoms with van der Waals surface area (Å²) in [5.74, 6) is 0.527. The lowest BCUT2D eigenvalue weighted by atomic mass is 10.2. The highest BCUT2D eigenvalue weighted by Gasteiger charge is 2.23. The molecule has 0 amide bonds. The van der Waals surface area contributed by atoms with Crippen LogP contribution >= 0.6 is 0 Å². The van der Waals surface area contributed by atoms with E-state index in [1.807, 2.05) is 18.2 Å². The lowest BCUT2D eigenvalue weighted by Crippen LogP contribution is -2.51. The minimum atomic E-state index is -0.576. The molecule has 1 aromatic rings. The van der Waals surface area contributed by atoms with Crippen molar-refractivity contribution < 1.29 is 14.3 Å². The third-order valence-electron chi connectivity index (χ3n) is 3.76. The number of esters is 1. The molecule has 6 nitrogen and oxygen atoms in total. The number of rotatable bonds is 5. The molecule has 0 saturated carbocycles. The SMILES string of the molecule is COC(=O)C(N)CN1CCN(c2ccccc2OC)CC1. The fourth-order valence-corrected chi connectivity index (χ4v) is 2.57. The lowest BCUT2D eigenvalue weighted by molar-refractivity contribution is -0.142. The molecule has 0 aromatic heterocycles. The van der Waals surface area contributed by atoms with E-state index in [2.05, 4.69) is 20.6 Å². The van der Waals surface area contributed by atoms with Crippen LogP contribution in [-0.4, -0.2) is 63.9 Å². The Balaban J connectivity index is 1.90. The van der Waals surface area contributed by atoms with Gasteiger partial charge in [-0.3, -0.25) is 9.69 Å². The summed E-state index contributed by atoms with van der Waals surface area (Å²) in [4.78, 5) is 15.8. The van der Waals surface area contributed by atoms with Crippen LogP contribution in [0.25, 0.3) is 0 Å². The van der Waals surface area contributed by atoms with Crippen LogP contribution in [0.3, 0.4) is 0 Å². The van der Waals surface area contributed by atoms with Crippen LogP contribution < -0.4 is 15.4 Å². The minimum absolute atomic E-state index is 0.359. The molecule has 2 rings (SSSR count). The predicted octanol–water partition coefficient (Wildman–Crippen LogP) is 0.318. The molecule has 1 atom stereocenters. The maximum Gasteiger partial charge on any atom is 0.323 e.